The summed E-state index contributed by atoms with van der Waals surface area (Å²) in [5.74, 6) is 1.30. The fourth-order valence-corrected chi connectivity index (χ4v) is 2.89. The molecular formula is C19H19N9O. The molecule has 0 atom stereocenters. The first-order chi connectivity index (χ1) is 14.1. The van der Waals surface area contributed by atoms with Gasteiger partial charge >= 0.3 is 6.03 Å². The third-order valence-electron chi connectivity index (χ3n) is 4.18. The molecule has 0 saturated heterocycles. The van der Waals surface area contributed by atoms with Gasteiger partial charge in [-0.05, 0) is 38.1 Å². The van der Waals surface area contributed by atoms with E-state index in [0.717, 1.165) is 17.0 Å². The molecule has 0 bridgehead atoms. The number of pyridine rings is 2. The van der Waals surface area contributed by atoms with Crippen molar-refractivity contribution in [2.75, 3.05) is 5.32 Å². The summed E-state index contributed by atoms with van der Waals surface area (Å²) in [5, 5.41) is 14.1. The third-order valence-corrected chi connectivity index (χ3v) is 4.18. The lowest BCUT2D eigenvalue weighted by atomic mass is 10.2. The van der Waals surface area contributed by atoms with Crippen molar-refractivity contribution in [3.05, 3.63) is 72.3 Å². The molecule has 0 aliphatic carbocycles. The predicted octanol–water partition coefficient (Wildman–Crippen LogP) is 2.18. The van der Waals surface area contributed by atoms with E-state index in [1.807, 2.05) is 26.0 Å². The smallest absolute Gasteiger partial charge is 0.319 e. The molecule has 0 aromatic carbocycles. The van der Waals surface area contributed by atoms with Crippen LogP contribution in [0, 0.1) is 13.8 Å². The Morgan fingerprint density at radius 1 is 1.17 bits per heavy atom. The maximum atomic E-state index is 12.3. The van der Waals surface area contributed by atoms with Gasteiger partial charge in [-0.2, -0.15) is 10.2 Å². The first-order valence-electron chi connectivity index (χ1n) is 8.93. The van der Waals surface area contributed by atoms with Gasteiger partial charge in [-0.15, -0.1) is 0 Å². The van der Waals surface area contributed by atoms with Gasteiger partial charge in [0.05, 0.1) is 17.6 Å². The van der Waals surface area contributed by atoms with E-state index in [1.54, 1.807) is 46.3 Å². The molecule has 4 aromatic heterocycles. The summed E-state index contributed by atoms with van der Waals surface area (Å²) in [7, 11) is 0. The number of carbonyl (C=O) groups is 1. The van der Waals surface area contributed by atoms with Gasteiger partial charge in [0.15, 0.2) is 11.6 Å². The highest BCUT2D eigenvalue weighted by molar-refractivity contribution is 5.89. The average molecular weight is 389 g/mol. The minimum absolute atomic E-state index is 0.284. The molecule has 0 fully saturated rings. The number of carbonyl (C=O) groups excluding carboxylic acids is 1. The second kappa shape index (κ2) is 7.89. The van der Waals surface area contributed by atoms with Crippen LogP contribution in [0.2, 0.25) is 0 Å². The first kappa shape index (κ1) is 18.3. The molecule has 2 N–H and O–H groups in total. The average Bonchev–Trinajstić information content (AvgIpc) is 3.37. The molecule has 4 rings (SSSR count). The van der Waals surface area contributed by atoms with Crippen LogP contribution < -0.4 is 10.6 Å². The summed E-state index contributed by atoms with van der Waals surface area (Å²) in [6.45, 7) is 4.18. The summed E-state index contributed by atoms with van der Waals surface area (Å²) in [5.41, 5.74) is 3.31. The molecule has 10 heteroatoms. The number of urea groups is 1. The molecule has 4 heterocycles. The van der Waals surface area contributed by atoms with Crippen LogP contribution in [-0.2, 0) is 6.54 Å². The molecule has 146 valence electrons. The molecule has 4 aromatic rings. The molecule has 29 heavy (non-hydrogen) atoms. The minimum atomic E-state index is -0.348. The van der Waals surface area contributed by atoms with E-state index in [2.05, 4.69) is 35.8 Å². The van der Waals surface area contributed by atoms with E-state index in [0.29, 0.717) is 17.3 Å². The zero-order chi connectivity index (χ0) is 20.2. The number of anilines is 1. The van der Waals surface area contributed by atoms with Crippen molar-refractivity contribution in [3.8, 4) is 11.6 Å². The summed E-state index contributed by atoms with van der Waals surface area (Å²) < 4.78 is 3.31. The van der Waals surface area contributed by atoms with E-state index in [9.17, 15) is 4.79 Å². The number of hydrogen-bond acceptors (Lipinski definition) is 6. The molecule has 0 aliphatic rings. The summed E-state index contributed by atoms with van der Waals surface area (Å²) >= 11 is 0. The Bertz CT molecular complexity index is 1120. The number of amides is 2. The van der Waals surface area contributed by atoms with Crippen LogP contribution in [-0.4, -0.2) is 40.5 Å². The SMILES string of the molecule is Cc1cc(C)n(-c2ccc(NC(=O)NCc3cccnc3-n3cncn3)cn2)n1. The second-order valence-corrected chi connectivity index (χ2v) is 6.38. The summed E-state index contributed by atoms with van der Waals surface area (Å²) in [6, 6.07) is 8.89. The van der Waals surface area contributed by atoms with Gasteiger partial charge in [-0.25, -0.2) is 29.1 Å². The van der Waals surface area contributed by atoms with Crippen molar-refractivity contribution in [1.82, 2.24) is 39.8 Å². The zero-order valence-electron chi connectivity index (χ0n) is 15.9. The van der Waals surface area contributed by atoms with Crippen LogP contribution in [0.25, 0.3) is 11.6 Å². The largest absolute Gasteiger partial charge is 0.334 e. The Hall–Kier alpha value is -4.08. The molecular weight excluding hydrogens is 370 g/mol. The Morgan fingerprint density at radius 3 is 2.76 bits per heavy atom. The molecule has 0 radical (unpaired) electrons. The highest BCUT2D eigenvalue weighted by Crippen LogP contribution is 2.13. The highest BCUT2D eigenvalue weighted by atomic mass is 16.2. The van der Waals surface area contributed by atoms with Gasteiger partial charge in [0.25, 0.3) is 0 Å². The van der Waals surface area contributed by atoms with Crippen LogP contribution in [0.4, 0.5) is 10.5 Å². The highest BCUT2D eigenvalue weighted by Gasteiger charge is 2.09. The number of nitrogens with one attached hydrogen (secondary N) is 2. The molecule has 10 nitrogen and oxygen atoms in total. The van der Waals surface area contributed by atoms with Crippen molar-refractivity contribution >= 4 is 11.7 Å². The second-order valence-electron chi connectivity index (χ2n) is 6.38. The van der Waals surface area contributed by atoms with Crippen molar-refractivity contribution < 1.29 is 4.79 Å². The molecule has 2 amide bonds. The Labute approximate surface area is 166 Å². The van der Waals surface area contributed by atoms with Gasteiger partial charge < -0.3 is 10.6 Å². The predicted molar refractivity (Wildman–Crippen MR) is 106 cm³/mol. The number of hydrogen-bond donors (Lipinski definition) is 2. The number of aryl methyl sites for hydroxylation is 2. The minimum Gasteiger partial charge on any atom is -0.334 e. The van der Waals surface area contributed by atoms with Crippen molar-refractivity contribution in [3.63, 3.8) is 0 Å². The molecule has 0 saturated carbocycles. The van der Waals surface area contributed by atoms with Crippen molar-refractivity contribution in [1.29, 1.82) is 0 Å². The topological polar surface area (TPSA) is 115 Å². The lowest BCUT2D eigenvalue weighted by molar-refractivity contribution is 0.251. The van der Waals surface area contributed by atoms with Gasteiger partial charge in [-0.1, -0.05) is 6.07 Å². The fraction of sp³-hybridized carbons (Fsp3) is 0.158. The first-order valence-corrected chi connectivity index (χ1v) is 8.93. The number of nitrogens with zero attached hydrogens (tertiary/aromatic N) is 7. The van der Waals surface area contributed by atoms with Gasteiger partial charge in [0, 0.05) is 24.0 Å². The zero-order valence-corrected chi connectivity index (χ0v) is 15.9. The number of aromatic nitrogens is 7. The van der Waals surface area contributed by atoms with E-state index < -0.39 is 0 Å². The third kappa shape index (κ3) is 4.10. The van der Waals surface area contributed by atoms with Crippen LogP contribution in [0.5, 0.6) is 0 Å². The molecule has 0 spiro atoms. The monoisotopic (exact) mass is 389 g/mol. The van der Waals surface area contributed by atoms with E-state index in [-0.39, 0.29) is 12.6 Å². The van der Waals surface area contributed by atoms with Crippen molar-refractivity contribution in [2.45, 2.75) is 20.4 Å². The van der Waals surface area contributed by atoms with Crippen molar-refractivity contribution in [2.24, 2.45) is 0 Å². The lowest BCUT2D eigenvalue weighted by Gasteiger charge is -2.11. The maximum Gasteiger partial charge on any atom is 0.319 e. The summed E-state index contributed by atoms with van der Waals surface area (Å²) in [4.78, 5) is 24.9. The summed E-state index contributed by atoms with van der Waals surface area (Å²) in [6.07, 6.45) is 6.25. The Kier molecular flexibility index (Phi) is 4.97. The van der Waals surface area contributed by atoms with Crippen LogP contribution in [0.1, 0.15) is 17.0 Å². The molecule has 0 unspecified atom stereocenters. The normalized spacial score (nSPS) is 10.7. The number of rotatable bonds is 5. The van der Waals surface area contributed by atoms with Crippen LogP contribution in [0.3, 0.4) is 0 Å². The van der Waals surface area contributed by atoms with E-state index in [4.69, 9.17) is 0 Å². The molecule has 0 aliphatic heterocycles. The van der Waals surface area contributed by atoms with Gasteiger partial charge in [0.2, 0.25) is 0 Å². The van der Waals surface area contributed by atoms with Gasteiger partial charge in [-0.3, -0.25) is 0 Å². The van der Waals surface area contributed by atoms with Crippen LogP contribution >= 0.6 is 0 Å². The van der Waals surface area contributed by atoms with E-state index >= 15 is 0 Å². The quantitative estimate of drug-likeness (QED) is 0.541. The van der Waals surface area contributed by atoms with Gasteiger partial charge in [0.1, 0.15) is 12.7 Å². The Balaban J connectivity index is 1.39. The lowest BCUT2D eigenvalue weighted by Crippen LogP contribution is -2.28. The van der Waals surface area contributed by atoms with Crippen LogP contribution in [0.15, 0.2) is 55.4 Å². The van der Waals surface area contributed by atoms with E-state index in [1.165, 1.54) is 6.33 Å². The fourth-order valence-electron chi connectivity index (χ4n) is 2.89. The maximum absolute atomic E-state index is 12.3. The standard InChI is InChI=1S/C19H19N9O/c1-13-8-14(2)28(26-13)17-6-5-16(10-22-17)25-19(29)23-9-15-4-3-7-21-18(15)27-12-20-11-24-27/h3-8,10-12H,9H2,1-2H3,(H2,23,25,29). The Morgan fingerprint density at radius 2 is 2.07 bits per heavy atom.